The zero-order valence-electron chi connectivity index (χ0n) is 14.5. The van der Waals surface area contributed by atoms with Crippen molar-refractivity contribution in [1.29, 1.82) is 0 Å². The maximum atomic E-state index is 4.82. The van der Waals surface area contributed by atoms with Gasteiger partial charge in [0, 0.05) is 25.2 Å². The third-order valence-corrected chi connectivity index (χ3v) is 5.21. The van der Waals surface area contributed by atoms with Crippen LogP contribution in [0, 0.1) is 6.92 Å². The first-order valence-corrected chi connectivity index (χ1v) is 8.82. The van der Waals surface area contributed by atoms with Crippen LogP contribution in [0.5, 0.6) is 0 Å². The molecule has 0 fully saturated rings. The minimum absolute atomic E-state index is 0.150. The molecule has 3 heterocycles. The summed E-state index contributed by atoms with van der Waals surface area (Å²) < 4.78 is 4.82. The monoisotopic (exact) mass is 345 g/mol. The molecule has 1 aliphatic heterocycles. The summed E-state index contributed by atoms with van der Waals surface area (Å²) in [4.78, 5) is 10.5. The second-order valence-corrected chi connectivity index (χ2v) is 6.83. The van der Waals surface area contributed by atoms with Crippen molar-refractivity contribution in [2.75, 3.05) is 6.54 Å². The van der Waals surface area contributed by atoms with Gasteiger partial charge in [-0.05, 0) is 46.1 Å². The Morgan fingerprint density at radius 1 is 1.15 bits per heavy atom. The number of rotatable bonds is 3. The first kappa shape index (κ1) is 15.3. The maximum Gasteiger partial charge on any atom is 0.135 e. The van der Waals surface area contributed by atoms with Crippen LogP contribution in [-0.2, 0) is 13.0 Å². The number of hydrogen-bond donors (Lipinski definition) is 1. The van der Waals surface area contributed by atoms with E-state index >= 15 is 0 Å². The fourth-order valence-corrected chi connectivity index (χ4v) is 3.89. The summed E-state index contributed by atoms with van der Waals surface area (Å²) in [6.45, 7) is 3.97. The van der Waals surface area contributed by atoms with E-state index in [4.69, 9.17) is 4.63 Å². The van der Waals surface area contributed by atoms with Crippen molar-refractivity contribution >= 4 is 11.0 Å². The Balaban J connectivity index is 1.55. The highest BCUT2D eigenvalue weighted by Crippen LogP contribution is 2.35. The molecule has 0 amide bonds. The average Bonchev–Trinajstić information content (AvgIpc) is 3.31. The van der Waals surface area contributed by atoms with Crippen LogP contribution in [0.1, 0.15) is 34.1 Å². The topological polar surface area (TPSA) is 70.8 Å². The predicted octanol–water partition coefficient (Wildman–Crippen LogP) is 3.40. The molecule has 0 aliphatic carbocycles. The minimum atomic E-state index is 0.150. The molecule has 0 saturated heterocycles. The Morgan fingerprint density at radius 2 is 2.04 bits per heavy atom. The zero-order chi connectivity index (χ0) is 17.5. The number of nitrogens with zero attached hydrogens (tertiary/aromatic N) is 4. The van der Waals surface area contributed by atoms with Gasteiger partial charge in [-0.25, -0.2) is 9.61 Å². The van der Waals surface area contributed by atoms with Gasteiger partial charge >= 0.3 is 0 Å². The third kappa shape index (κ3) is 2.50. The van der Waals surface area contributed by atoms with Crippen molar-refractivity contribution < 1.29 is 4.63 Å². The molecular weight excluding hydrogens is 326 g/mol. The van der Waals surface area contributed by atoms with E-state index in [1.54, 1.807) is 0 Å². The van der Waals surface area contributed by atoms with E-state index in [9.17, 15) is 0 Å². The van der Waals surface area contributed by atoms with E-state index in [0.29, 0.717) is 0 Å². The van der Waals surface area contributed by atoms with Gasteiger partial charge in [0.1, 0.15) is 11.0 Å². The minimum Gasteiger partial charge on any atom is -0.348 e. The molecule has 0 saturated carbocycles. The fourth-order valence-electron chi connectivity index (χ4n) is 3.89. The first-order chi connectivity index (χ1) is 12.8. The van der Waals surface area contributed by atoms with Crippen LogP contribution in [0.4, 0.5) is 0 Å². The molecule has 1 aliphatic rings. The van der Waals surface area contributed by atoms with E-state index < -0.39 is 0 Å². The Kier molecular flexibility index (Phi) is 3.57. The van der Waals surface area contributed by atoms with Gasteiger partial charge in [0.2, 0.25) is 0 Å². The molecule has 1 unspecified atom stereocenters. The number of nitrogens with one attached hydrogen (secondary N) is 1. The highest BCUT2D eigenvalue weighted by Gasteiger charge is 2.31. The van der Waals surface area contributed by atoms with E-state index in [-0.39, 0.29) is 6.04 Å². The lowest BCUT2D eigenvalue weighted by atomic mass is 9.92. The van der Waals surface area contributed by atoms with Gasteiger partial charge in [0.15, 0.2) is 0 Å². The molecule has 2 aromatic carbocycles. The SMILES string of the molecule is Cc1ccccc1C1c2nc[nH]c2CCN1Cc1ccc2nonc2c1. The molecule has 26 heavy (non-hydrogen) atoms. The second-order valence-electron chi connectivity index (χ2n) is 6.83. The Bertz CT molecular complexity index is 1070. The van der Waals surface area contributed by atoms with Crippen molar-refractivity contribution in [2.45, 2.75) is 25.9 Å². The number of benzene rings is 2. The van der Waals surface area contributed by atoms with Crippen molar-refractivity contribution in [3.8, 4) is 0 Å². The number of aromatic nitrogens is 4. The molecule has 0 bridgehead atoms. The van der Waals surface area contributed by atoms with Crippen LogP contribution >= 0.6 is 0 Å². The van der Waals surface area contributed by atoms with E-state index in [1.807, 2.05) is 12.4 Å². The van der Waals surface area contributed by atoms with Crippen molar-refractivity contribution in [2.24, 2.45) is 0 Å². The smallest absolute Gasteiger partial charge is 0.135 e. The van der Waals surface area contributed by atoms with Gasteiger partial charge in [0.25, 0.3) is 0 Å². The van der Waals surface area contributed by atoms with E-state index in [0.717, 1.165) is 36.2 Å². The molecule has 0 spiro atoms. The molecule has 4 aromatic rings. The van der Waals surface area contributed by atoms with Gasteiger partial charge in [-0.15, -0.1) is 0 Å². The zero-order valence-corrected chi connectivity index (χ0v) is 14.5. The summed E-state index contributed by atoms with van der Waals surface area (Å²) >= 11 is 0. The highest BCUT2D eigenvalue weighted by atomic mass is 16.6. The summed E-state index contributed by atoms with van der Waals surface area (Å²) in [5, 5.41) is 7.86. The highest BCUT2D eigenvalue weighted by molar-refractivity contribution is 5.73. The lowest BCUT2D eigenvalue weighted by Gasteiger charge is -2.36. The second kappa shape index (κ2) is 6.07. The fraction of sp³-hybridized carbons (Fsp3) is 0.250. The summed E-state index contributed by atoms with van der Waals surface area (Å²) in [7, 11) is 0. The largest absolute Gasteiger partial charge is 0.348 e. The number of hydrogen-bond acceptors (Lipinski definition) is 5. The lowest BCUT2D eigenvalue weighted by Crippen LogP contribution is -2.36. The van der Waals surface area contributed by atoms with Crippen LogP contribution in [0.2, 0.25) is 0 Å². The van der Waals surface area contributed by atoms with Crippen molar-refractivity contribution in [1.82, 2.24) is 25.2 Å². The number of aromatic amines is 1. The standard InChI is InChI=1S/C20H19N5O/c1-13-4-2-3-5-15(13)20-19-17(21-12-22-19)8-9-25(20)11-14-6-7-16-18(10-14)24-26-23-16/h2-7,10,12,20H,8-9,11H2,1H3,(H,21,22). The molecule has 1 N–H and O–H groups in total. The molecule has 5 rings (SSSR count). The van der Waals surface area contributed by atoms with E-state index in [2.05, 4.69) is 68.5 Å². The van der Waals surface area contributed by atoms with Crippen LogP contribution in [0.15, 0.2) is 53.4 Å². The summed E-state index contributed by atoms with van der Waals surface area (Å²) in [6.07, 6.45) is 2.79. The van der Waals surface area contributed by atoms with Crippen LogP contribution < -0.4 is 0 Å². The quantitative estimate of drug-likeness (QED) is 0.616. The molecule has 6 heteroatoms. The Labute approximate surface area is 150 Å². The van der Waals surface area contributed by atoms with Crippen molar-refractivity contribution in [3.63, 3.8) is 0 Å². The molecule has 0 radical (unpaired) electrons. The Hall–Kier alpha value is -2.99. The number of fused-ring (bicyclic) bond motifs is 2. The van der Waals surface area contributed by atoms with Gasteiger partial charge in [-0.3, -0.25) is 4.90 Å². The molecule has 1 atom stereocenters. The lowest BCUT2D eigenvalue weighted by molar-refractivity contribution is 0.200. The van der Waals surface area contributed by atoms with Crippen LogP contribution in [0.3, 0.4) is 0 Å². The van der Waals surface area contributed by atoms with Gasteiger partial charge in [-0.1, -0.05) is 30.3 Å². The van der Waals surface area contributed by atoms with Crippen LogP contribution in [0.25, 0.3) is 11.0 Å². The van der Waals surface area contributed by atoms with E-state index in [1.165, 1.54) is 22.4 Å². The number of imidazole rings is 1. The van der Waals surface area contributed by atoms with Gasteiger partial charge < -0.3 is 4.98 Å². The first-order valence-electron chi connectivity index (χ1n) is 8.82. The number of aryl methyl sites for hydroxylation is 1. The molecule has 130 valence electrons. The summed E-state index contributed by atoms with van der Waals surface area (Å²) in [6, 6.07) is 14.8. The predicted molar refractivity (Wildman–Crippen MR) is 97.5 cm³/mol. The molecular formula is C20H19N5O. The van der Waals surface area contributed by atoms with Gasteiger partial charge in [-0.2, -0.15) is 0 Å². The molecule has 6 nitrogen and oxygen atoms in total. The van der Waals surface area contributed by atoms with Crippen molar-refractivity contribution in [3.05, 3.63) is 76.9 Å². The summed E-state index contributed by atoms with van der Waals surface area (Å²) in [5.74, 6) is 0. The maximum absolute atomic E-state index is 4.82. The third-order valence-electron chi connectivity index (χ3n) is 5.21. The number of H-pyrrole nitrogens is 1. The normalized spacial score (nSPS) is 17.5. The Morgan fingerprint density at radius 3 is 2.96 bits per heavy atom. The molecule has 2 aromatic heterocycles. The summed E-state index contributed by atoms with van der Waals surface area (Å²) in [5.41, 5.74) is 7.76. The average molecular weight is 345 g/mol. The van der Waals surface area contributed by atoms with Gasteiger partial charge in [0.05, 0.1) is 18.1 Å². The van der Waals surface area contributed by atoms with Crippen LogP contribution in [-0.4, -0.2) is 31.7 Å².